The van der Waals surface area contributed by atoms with E-state index in [-0.39, 0.29) is 23.9 Å². The monoisotopic (exact) mass is 325 g/mol. The quantitative estimate of drug-likeness (QED) is 0.782. The van der Waals surface area contributed by atoms with Gasteiger partial charge in [0.25, 0.3) is 0 Å². The molecule has 3 heteroatoms. The van der Waals surface area contributed by atoms with Gasteiger partial charge in [-0.2, -0.15) is 0 Å². The summed E-state index contributed by atoms with van der Waals surface area (Å²) in [6.45, 7) is 6.49. The first-order valence-corrected chi connectivity index (χ1v) is 5.50. The summed E-state index contributed by atoms with van der Waals surface area (Å²) >= 11 is 2.30. The van der Waals surface area contributed by atoms with E-state index in [1.165, 1.54) is 9.13 Å². The van der Waals surface area contributed by atoms with E-state index < -0.39 is 0 Å². The highest BCUT2D eigenvalue weighted by Gasteiger charge is 2.21. The van der Waals surface area contributed by atoms with Gasteiger partial charge in [-0.3, -0.25) is 0 Å². The molecular weight excluding hydrogens is 308 g/mol. The molecule has 1 aromatic rings. The number of nitrogens with two attached hydrogens (primary N) is 1. The van der Waals surface area contributed by atoms with E-state index in [9.17, 15) is 0 Å². The Balaban J connectivity index is 0.00000169. The summed E-state index contributed by atoms with van der Waals surface area (Å²) in [5.41, 5.74) is 7.47. The van der Waals surface area contributed by atoms with Crippen molar-refractivity contribution in [1.82, 2.24) is 0 Å². The molecule has 1 aromatic carbocycles. The van der Waals surface area contributed by atoms with E-state index in [0.717, 1.165) is 0 Å². The van der Waals surface area contributed by atoms with Gasteiger partial charge in [0.1, 0.15) is 0 Å². The molecule has 0 radical (unpaired) electrons. The smallest absolute Gasteiger partial charge is 0.0344 e. The van der Waals surface area contributed by atoms with Crippen LogP contribution in [0, 0.1) is 8.99 Å². The second-order valence-corrected chi connectivity index (χ2v) is 5.64. The van der Waals surface area contributed by atoms with Crippen molar-refractivity contribution in [3.63, 3.8) is 0 Å². The zero-order valence-corrected chi connectivity index (χ0v) is 11.7. The van der Waals surface area contributed by atoms with Crippen LogP contribution in [0.2, 0.25) is 0 Å². The molecule has 0 unspecified atom stereocenters. The molecule has 0 spiro atoms. The summed E-state index contributed by atoms with van der Waals surface area (Å²) in [4.78, 5) is 0. The van der Waals surface area contributed by atoms with Crippen LogP contribution in [-0.4, -0.2) is 0 Å². The molecule has 1 nitrogen and oxygen atoms in total. The molecule has 0 aliphatic rings. The van der Waals surface area contributed by atoms with Gasteiger partial charge in [-0.05, 0) is 45.7 Å². The predicted octanol–water partition coefficient (Wildman–Crippen LogP) is 3.76. The molecule has 0 bridgehead atoms. The average molecular weight is 326 g/mol. The third kappa shape index (κ3) is 3.75. The topological polar surface area (TPSA) is 26.0 Å². The van der Waals surface area contributed by atoms with Crippen molar-refractivity contribution >= 4 is 35.0 Å². The second-order valence-electron chi connectivity index (χ2n) is 4.40. The van der Waals surface area contributed by atoms with Crippen LogP contribution in [-0.2, 0) is 0 Å². The van der Waals surface area contributed by atoms with Gasteiger partial charge in [0, 0.05) is 9.61 Å². The van der Waals surface area contributed by atoms with Crippen molar-refractivity contribution in [3.8, 4) is 0 Å². The molecule has 80 valence electrons. The highest BCUT2D eigenvalue weighted by molar-refractivity contribution is 14.1. The summed E-state index contributed by atoms with van der Waals surface area (Å²) in [7, 11) is 0. The number of hydrogen-bond acceptors (Lipinski definition) is 1. The Morgan fingerprint density at radius 3 is 1.93 bits per heavy atom. The van der Waals surface area contributed by atoms with Crippen LogP contribution in [0.4, 0.5) is 0 Å². The molecule has 0 amide bonds. The number of benzene rings is 1. The van der Waals surface area contributed by atoms with Gasteiger partial charge in [0.05, 0.1) is 0 Å². The van der Waals surface area contributed by atoms with Crippen LogP contribution >= 0.6 is 35.0 Å². The Bertz CT molecular complexity index is 276. The van der Waals surface area contributed by atoms with Gasteiger partial charge in [-0.25, -0.2) is 0 Å². The van der Waals surface area contributed by atoms with E-state index >= 15 is 0 Å². The summed E-state index contributed by atoms with van der Waals surface area (Å²) in [5.74, 6) is 0. The van der Waals surface area contributed by atoms with Gasteiger partial charge < -0.3 is 5.73 Å². The SMILES string of the molecule is CC(C)(C)[C@H](N)c1ccc(I)cc1.Cl. The average Bonchev–Trinajstić information content (AvgIpc) is 2.03. The zero-order chi connectivity index (χ0) is 10.1. The molecule has 0 aromatic heterocycles. The van der Waals surface area contributed by atoms with E-state index in [2.05, 4.69) is 67.6 Å². The Labute approximate surface area is 106 Å². The minimum atomic E-state index is 0. The van der Waals surface area contributed by atoms with Crippen LogP contribution in [0.25, 0.3) is 0 Å². The lowest BCUT2D eigenvalue weighted by Crippen LogP contribution is -2.26. The number of hydrogen-bond donors (Lipinski definition) is 1. The molecular formula is C11H17ClIN. The van der Waals surface area contributed by atoms with E-state index in [0.29, 0.717) is 0 Å². The molecule has 1 rings (SSSR count). The maximum Gasteiger partial charge on any atom is 0.0344 e. The minimum absolute atomic E-state index is 0. The molecule has 0 heterocycles. The fourth-order valence-electron chi connectivity index (χ4n) is 1.17. The highest BCUT2D eigenvalue weighted by atomic mass is 127. The molecule has 0 saturated heterocycles. The summed E-state index contributed by atoms with van der Waals surface area (Å²) in [5, 5.41) is 0. The summed E-state index contributed by atoms with van der Waals surface area (Å²) in [6.07, 6.45) is 0. The first kappa shape index (κ1) is 14.2. The second kappa shape index (κ2) is 5.33. The lowest BCUT2D eigenvalue weighted by Gasteiger charge is -2.27. The Morgan fingerprint density at radius 2 is 1.57 bits per heavy atom. The van der Waals surface area contributed by atoms with Crippen molar-refractivity contribution < 1.29 is 0 Å². The molecule has 2 N–H and O–H groups in total. The van der Waals surface area contributed by atoms with Crippen LogP contribution in [0.5, 0.6) is 0 Å². The Kier molecular flexibility index (Phi) is 5.41. The third-order valence-corrected chi connectivity index (χ3v) is 2.88. The standard InChI is InChI=1S/C11H16IN.ClH/c1-11(2,3)10(13)8-4-6-9(12)7-5-8;/h4-7,10H,13H2,1-3H3;1H/t10-;/m1./s1. The minimum Gasteiger partial charge on any atom is -0.324 e. The van der Waals surface area contributed by atoms with Gasteiger partial charge in [-0.1, -0.05) is 32.9 Å². The van der Waals surface area contributed by atoms with Gasteiger partial charge in [0.15, 0.2) is 0 Å². The van der Waals surface area contributed by atoms with Crippen LogP contribution < -0.4 is 5.73 Å². The lowest BCUT2D eigenvalue weighted by molar-refractivity contribution is 0.327. The van der Waals surface area contributed by atoms with Crippen molar-refractivity contribution in [2.45, 2.75) is 26.8 Å². The highest BCUT2D eigenvalue weighted by Crippen LogP contribution is 2.30. The Morgan fingerprint density at radius 1 is 1.14 bits per heavy atom. The van der Waals surface area contributed by atoms with Crippen molar-refractivity contribution in [3.05, 3.63) is 33.4 Å². The molecule has 0 aliphatic heterocycles. The maximum absolute atomic E-state index is 6.12. The Hall–Kier alpha value is 0.200. The molecule has 1 atom stereocenters. The molecule has 14 heavy (non-hydrogen) atoms. The summed E-state index contributed by atoms with van der Waals surface area (Å²) < 4.78 is 1.25. The van der Waals surface area contributed by atoms with E-state index in [1.807, 2.05) is 0 Å². The summed E-state index contributed by atoms with van der Waals surface area (Å²) in [6, 6.07) is 8.53. The molecule has 0 aliphatic carbocycles. The lowest BCUT2D eigenvalue weighted by atomic mass is 9.83. The first-order valence-electron chi connectivity index (χ1n) is 4.42. The largest absolute Gasteiger partial charge is 0.324 e. The van der Waals surface area contributed by atoms with Gasteiger partial charge in [0.2, 0.25) is 0 Å². The number of rotatable bonds is 1. The van der Waals surface area contributed by atoms with E-state index in [4.69, 9.17) is 5.73 Å². The fraction of sp³-hybridized carbons (Fsp3) is 0.455. The van der Waals surface area contributed by atoms with Crippen LogP contribution in [0.15, 0.2) is 24.3 Å². The van der Waals surface area contributed by atoms with Crippen molar-refractivity contribution in [2.75, 3.05) is 0 Å². The van der Waals surface area contributed by atoms with Gasteiger partial charge >= 0.3 is 0 Å². The first-order chi connectivity index (χ1) is 5.91. The van der Waals surface area contributed by atoms with Crippen LogP contribution in [0.1, 0.15) is 32.4 Å². The normalized spacial score (nSPS) is 13.2. The van der Waals surface area contributed by atoms with Crippen molar-refractivity contribution in [2.24, 2.45) is 11.1 Å². The maximum atomic E-state index is 6.12. The predicted molar refractivity (Wildman–Crippen MR) is 72.8 cm³/mol. The zero-order valence-electron chi connectivity index (χ0n) is 8.75. The molecule has 0 saturated carbocycles. The molecule has 0 fully saturated rings. The number of halogens is 2. The van der Waals surface area contributed by atoms with Gasteiger partial charge in [-0.15, -0.1) is 12.4 Å². The third-order valence-electron chi connectivity index (χ3n) is 2.16. The fourth-order valence-corrected chi connectivity index (χ4v) is 1.53. The van der Waals surface area contributed by atoms with E-state index in [1.54, 1.807) is 0 Å². The van der Waals surface area contributed by atoms with Crippen molar-refractivity contribution in [1.29, 1.82) is 0 Å². The van der Waals surface area contributed by atoms with Crippen LogP contribution in [0.3, 0.4) is 0 Å².